The maximum atomic E-state index is 10.9. The van der Waals surface area contributed by atoms with E-state index in [2.05, 4.69) is 29.6 Å². The number of carboxylic acids is 1. The Balaban J connectivity index is 1.79. The van der Waals surface area contributed by atoms with E-state index in [1.165, 1.54) is 5.56 Å². The van der Waals surface area contributed by atoms with E-state index in [4.69, 9.17) is 5.11 Å². The molecule has 2 aromatic rings. The van der Waals surface area contributed by atoms with Crippen molar-refractivity contribution < 1.29 is 9.90 Å². The molecule has 0 aromatic heterocycles. The van der Waals surface area contributed by atoms with E-state index in [9.17, 15) is 4.79 Å². The van der Waals surface area contributed by atoms with Gasteiger partial charge in [0, 0.05) is 12.6 Å². The predicted octanol–water partition coefficient (Wildman–Crippen LogP) is 3.14. The molecule has 3 nitrogen and oxygen atoms in total. The summed E-state index contributed by atoms with van der Waals surface area (Å²) in [5, 5.41) is 11.9. The molecule has 0 bridgehead atoms. The fourth-order valence-electron chi connectivity index (χ4n) is 2.41. The first-order chi connectivity index (χ1) is 9.74. The Morgan fingerprint density at radius 3 is 2.15 bits per heavy atom. The standard InChI is InChI=1S/C17H15NO2/c19-17(20)16-10-15(11-18-16)14-8-6-13(7-9-14)12-4-2-1-3-5-12/h1-9,11,16,18H,10H2,(H,19,20). The van der Waals surface area contributed by atoms with Crippen molar-refractivity contribution in [1.82, 2.24) is 5.32 Å². The monoisotopic (exact) mass is 265 g/mol. The molecule has 3 heteroatoms. The van der Waals surface area contributed by atoms with E-state index in [1.807, 2.05) is 30.3 Å². The van der Waals surface area contributed by atoms with Crippen LogP contribution >= 0.6 is 0 Å². The number of carbonyl (C=O) groups is 1. The smallest absolute Gasteiger partial charge is 0.326 e. The number of rotatable bonds is 3. The van der Waals surface area contributed by atoms with Gasteiger partial charge in [0.15, 0.2) is 0 Å². The second kappa shape index (κ2) is 5.21. The topological polar surface area (TPSA) is 49.3 Å². The lowest BCUT2D eigenvalue weighted by Gasteiger charge is -2.06. The van der Waals surface area contributed by atoms with Crippen LogP contribution in [0.4, 0.5) is 0 Å². The van der Waals surface area contributed by atoms with Crippen molar-refractivity contribution in [3.8, 4) is 11.1 Å². The van der Waals surface area contributed by atoms with Crippen LogP contribution in [0.3, 0.4) is 0 Å². The molecule has 0 saturated carbocycles. The molecule has 1 atom stereocenters. The van der Waals surface area contributed by atoms with Gasteiger partial charge in [-0.2, -0.15) is 0 Å². The number of hydrogen-bond donors (Lipinski definition) is 2. The van der Waals surface area contributed by atoms with Gasteiger partial charge in [0.25, 0.3) is 0 Å². The van der Waals surface area contributed by atoms with Gasteiger partial charge in [0.05, 0.1) is 0 Å². The molecule has 0 spiro atoms. The Bertz CT molecular complexity index is 644. The number of aliphatic carboxylic acids is 1. The summed E-state index contributed by atoms with van der Waals surface area (Å²) in [5.74, 6) is -0.808. The minimum absolute atomic E-state index is 0.501. The number of nitrogens with one attached hydrogen (secondary N) is 1. The summed E-state index contributed by atoms with van der Waals surface area (Å²) in [6.07, 6.45) is 2.33. The van der Waals surface area contributed by atoms with Crippen molar-refractivity contribution in [3.63, 3.8) is 0 Å². The third-order valence-corrected chi connectivity index (χ3v) is 3.54. The van der Waals surface area contributed by atoms with Crippen molar-refractivity contribution in [3.05, 3.63) is 66.4 Å². The van der Waals surface area contributed by atoms with Crippen LogP contribution in [0.15, 0.2) is 60.8 Å². The van der Waals surface area contributed by atoms with Crippen LogP contribution in [0.1, 0.15) is 12.0 Å². The average Bonchev–Trinajstić information content (AvgIpc) is 2.98. The van der Waals surface area contributed by atoms with E-state index >= 15 is 0 Å². The van der Waals surface area contributed by atoms with Crippen LogP contribution in [0.2, 0.25) is 0 Å². The van der Waals surface area contributed by atoms with Gasteiger partial charge in [0.2, 0.25) is 0 Å². The highest BCUT2D eigenvalue weighted by Crippen LogP contribution is 2.26. The molecule has 2 N–H and O–H groups in total. The van der Waals surface area contributed by atoms with Crippen molar-refractivity contribution in [1.29, 1.82) is 0 Å². The molecule has 3 rings (SSSR count). The first kappa shape index (κ1) is 12.5. The number of carboxylic acid groups (broad SMARTS) is 1. The Hall–Kier alpha value is -2.55. The number of hydrogen-bond acceptors (Lipinski definition) is 2. The van der Waals surface area contributed by atoms with Gasteiger partial charge in [-0.1, -0.05) is 54.6 Å². The zero-order valence-electron chi connectivity index (χ0n) is 10.9. The lowest BCUT2D eigenvalue weighted by atomic mass is 9.99. The molecule has 1 unspecified atom stereocenters. The molecule has 20 heavy (non-hydrogen) atoms. The van der Waals surface area contributed by atoms with Crippen molar-refractivity contribution in [2.24, 2.45) is 0 Å². The normalized spacial score (nSPS) is 17.4. The summed E-state index contributed by atoms with van der Waals surface area (Å²) in [4.78, 5) is 10.9. The minimum Gasteiger partial charge on any atom is -0.480 e. The van der Waals surface area contributed by atoms with Crippen LogP contribution < -0.4 is 5.32 Å². The van der Waals surface area contributed by atoms with Crippen LogP contribution in [0, 0.1) is 0 Å². The van der Waals surface area contributed by atoms with Gasteiger partial charge in [-0.15, -0.1) is 0 Å². The SMILES string of the molecule is O=C(O)C1CC(c2ccc(-c3ccccc3)cc2)=CN1. The Kier molecular flexibility index (Phi) is 3.25. The van der Waals surface area contributed by atoms with Gasteiger partial charge in [-0.3, -0.25) is 0 Å². The Labute approximate surface area is 117 Å². The summed E-state index contributed by atoms with van der Waals surface area (Å²) < 4.78 is 0. The zero-order valence-corrected chi connectivity index (χ0v) is 10.9. The maximum Gasteiger partial charge on any atom is 0.326 e. The molecule has 0 amide bonds. The summed E-state index contributed by atoms with van der Waals surface area (Å²) in [6, 6.07) is 17.9. The zero-order chi connectivity index (χ0) is 13.9. The first-order valence-corrected chi connectivity index (χ1v) is 6.58. The number of benzene rings is 2. The van der Waals surface area contributed by atoms with Crippen molar-refractivity contribution >= 4 is 11.5 Å². The fourth-order valence-corrected chi connectivity index (χ4v) is 2.41. The first-order valence-electron chi connectivity index (χ1n) is 6.58. The van der Waals surface area contributed by atoms with E-state index in [0.29, 0.717) is 6.42 Å². The molecule has 100 valence electrons. The summed E-state index contributed by atoms with van der Waals surface area (Å²) >= 11 is 0. The second-order valence-corrected chi connectivity index (χ2v) is 4.87. The summed E-state index contributed by atoms with van der Waals surface area (Å²) in [6.45, 7) is 0. The molecule has 2 aromatic carbocycles. The van der Waals surface area contributed by atoms with Crippen LogP contribution in [-0.4, -0.2) is 17.1 Å². The lowest BCUT2D eigenvalue weighted by Crippen LogP contribution is -2.28. The van der Waals surface area contributed by atoms with E-state index in [-0.39, 0.29) is 0 Å². The fraction of sp³-hybridized carbons (Fsp3) is 0.118. The van der Waals surface area contributed by atoms with Crippen LogP contribution in [-0.2, 0) is 4.79 Å². The highest BCUT2D eigenvalue weighted by molar-refractivity contribution is 5.81. The summed E-state index contributed by atoms with van der Waals surface area (Å²) in [5.41, 5.74) is 4.45. The molecule has 1 aliphatic rings. The molecule has 1 heterocycles. The van der Waals surface area contributed by atoms with Gasteiger partial charge in [-0.05, 0) is 22.3 Å². The average molecular weight is 265 g/mol. The Morgan fingerprint density at radius 2 is 1.55 bits per heavy atom. The lowest BCUT2D eigenvalue weighted by molar-refractivity contribution is -0.138. The van der Waals surface area contributed by atoms with Crippen LogP contribution in [0.25, 0.3) is 16.7 Å². The molecule has 1 aliphatic heterocycles. The van der Waals surface area contributed by atoms with Gasteiger partial charge in [0.1, 0.15) is 6.04 Å². The molecule has 0 aliphatic carbocycles. The molecule has 0 fully saturated rings. The third-order valence-electron chi connectivity index (χ3n) is 3.54. The van der Waals surface area contributed by atoms with Gasteiger partial charge in [-0.25, -0.2) is 4.79 Å². The molecular formula is C17H15NO2. The third kappa shape index (κ3) is 2.43. The van der Waals surface area contributed by atoms with E-state index in [0.717, 1.165) is 16.7 Å². The van der Waals surface area contributed by atoms with E-state index in [1.54, 1.807) is 6.20 Å². The van der Waals surface area contributed by atoms with Crippen molar-refractivity contribution in [2.45, 2.75) is 12.5 Å². The van der Waals surface area contributed by atoms with Gasteiger partial charge < -0.3 is 10.4 Å². The highest BCUT2D eigenvalue weighted by atomic mass is 16.4. The predicted molar refractivity (Wildman–Crippen MR) is 79.0 cm³/mol. The van der Waals surface area contributed by atoms with Crippen molar-refractivity contribution in [2.75, 3.05) is 0 Å². The maximum absolute atomic E-state index is 10.9. The highest BCUT2D eigenvalue weighted by Gasteiger charge is 2.23. The molecular weight excluding hydrogens is 250 g/mol. The molecule has 0 saturated heterocycles. The minimum atomic E-state index is -0.808. The van der Waals surface area contributed by atoms with E-state index < -0.39 is 12.0 Å². The molecule has 0 radical (unpaired) electrons. The van der Waals surface area contributed by atoms with Gasteiger partial charge >= 0.3 is 5.97 Å². The largest absolute Gasteiger partial charge is 0.480 e. The quantitative estimate of drug-likeness (QED) is 0.896. The Morgan fingerprint density at radius 1 is 0.950 bits per heavy atom. The van der Waals surface area contributed by atoms with Crippen LogP contribution in [0.5, 0.6) is 0 Å². The summed E-state index contributed by atoms with van der Waals surface area (Å²) in [7, 11) is 0. The second-order valence-electron chi connectivity index (χ2n) is 4.87.